The number of rotatable bonds is 7. The number of nitrogens with one attached hydrogen (secondary N) is 1. The van der Waals surface area contributed by atoms with Crippen molar-refractivity contribution in [3.8, 4) is 0 Å². The molecule has 0 aromatic heterocycles. The maximum Gasteiger partial charge on any atom is 0.215 e. The highest BCUT2D eigenvalue weighted by atomic mass is 35.5. The monoisotopic (exact) mass is 347 g/mol. The second-order valence-electron chi connectivity index (χ2n) is 5.84. The molecule has 22 heavy (non-hydrogen) atoms. The minimum atomic E-state index is -3.42. The van der Waals surface area contributed by atoms with Crippen LogP contribution in [0.4, 0.5) is 0 Å². The molecule has 1 atom stereocenters. The molecule has 1 heterocycles. The molecule has 7 heteroatoms. The van der Waals surface area contributed by atoms with E-state index in [1.165, 1.54) is 0 Å². The highest BCUT2D eigenvalue weighted by Gasteiger charge is 2.32. The third-order valence-corrected chi connectivity index (χ3v) is 5.24. The number of hydrogen-bond donors (Lipinski definition) is 1. The van der Waals surface area contributed by atoms with Crippen LogP contribution in [0.15, 0.2) is 24.3 Å². The van der Waals surface area contributed by atoms with Crippen LogP contribution in [0.5, 0.6) is 0 Å². The van der Waals surface area contributed by atoms with Gasteiger partial charge in [-0.3, -0.25) is 0 Å². The van der Waals surface area contributed by atoms with Gasteiger partial charge in [0.2, 0.25) is 10.0 Å². The van der Waals surface area contributed by atoms with Gasteiger partial charge in [0, 0.05) is 18.0 Å². The number of sulfonamides is 1. The lowest BCUT2D eigenvalue weighted by Gasteiger charge is -2.26. The van der Waals surface area contributed by atoms with E-state index in [1.54, 1.807) is 24.3 Å². The topological polar surface area (TPSA) is 64.6 Å². The van der Waals surface area contributed by atoms with Gasteiger partial charge in [-0.2, -0.15) is 0 Å². The van der Waals surface area contributed by atoms with Crippen LogP contribution >= 0.6 is 11.6 Å². The van der Waals surface area contributed by atoms with Crippen LogP contribution in [0.2, 0.25) is 5.02 Å². The standard InChI is InChI=1S/C15H22ClNO4S/c1-12(9-15(2)20-7-8-21-15)10-17-22(18,19)11-13-5-3-4-6-14(13)16/h3-6,12,17H,7-11H2,1-2H3. The Balaban J connectivity index is 1.85. The Kier molecular flexibility index (Phi) is 5.85. The Morgan fingerprint density at radius 1 is 1.32 bits per heavy atom. The first-order valence-corrected chi connectivity index (χ1v) is 9.31. The lowest BCUT2D eigenvalue weighted by atomic mass is 10.0. The van der Waals surface area contributed by atoms with Gasteiger partial charge in [0.05, 0.1) is 19.0 Å². The maximum absolute atomic E-state index is 12.1. The van der Waals surface area contributed by atoms with E-state index in [0.29, 0.717) is 36.8 Å². The first-order valence-electron chi connectivity index (χ1n) is 7.28. The third-order valence-electron chi connectivity index (χ3n) is 3.57. The van der Waals surface area contributed by atoms with E-state index in [1.807, 2.05) is 13.8 Å². The molecule has 1 fully saturated rings. The predicted octanol–water partition coefficient (Wildman–Crippen LogP) is 2.55. The Labute approximate surface area is 137 Å². The first kappa shape index (κ1) is 17.7. The second-order valence-corrected chi connectivity index (χ2v) is 8.05. The van der Waals surface area contributed by atoms with Crippen LogP contribution in [0.1, 0.15) is 25.8 Å². The fraction of sp³-hybridized carbons (Fsp3) is 0.600. The summed E-state index contributed by atoms with van der Waals surface area (Å²) in [6.45, 7) is 5.36. The lowest BCUT2D eigenvalue weighted by Crippen LogP contribution is -2.34. The normalized spacial score (nSPS) is 19.2. The second kappa shape index (κ2) is 7.27. The molecule has 0 saturated carbocycles. The highest BCUT2D eigenvalue weighted by Crippen LogP contribution is 2.26. The summed E-state index contributed by atoms with van der Waals surface area (Å²) in [5.74, 6) is -0.624. The van der Waals surface area contributed by atoms with Gasteiger partial charge in [-0.05, 0) is 24.5 Å². The van der Waals surface area contributed by atoms with E-state index in [9.17, 15) is 8.42 Å². The summed E-state index contributed by atoms with van der Waals surface area (Å²) < 4.78 is 38.0. The summed E-state index contributed by atoms with van der Waals surface area (Å²) in [7, 11) is -3.42. The van der Waals surface area contributed by atoms with Crippen LogP contribution in [0.25, 0.3) is 0 Å². The van der Waals surface area contributed by atoms with Gasteiger partial charge in [-0.1, -0.05) is 36.7 Å². The van der Waals surface area contributed by atoms with Crippen molar-refractivity contribution in [3.05, 3.63) is 34.9 Å². The molecular weight excluding hydrogens is 326 g/mol. The summed E-state index contributed by atoms with van der Waals surface area (Å²) in [6.07, 6.45) is 0.640. The maximum atomic E-state index is 12.1. The molecule has 0 bridgehead atoms. The zero-order valence-electron chi connectivity index (χ0n) is 12.8. The molecule has 2 rings (SSSR count). The molecule has 0 spiro atoms. The summed E-state index contributed by atoms with van der Waals surface area (Å²) in [6, 6.07) is 6.95. The molecule has 0 radical (unpaired) electrons. The van der Waals surface area contributed by atoms with Crippen molar-refractivity contribution in [2.75, 3.05) is 19.8 Å². The quantitative estimate of drug-likeness (QED) is 0.823. The van der Waals surface area contributed by atoms with Crippen LogP contribution in [-0.2, 0) is 25.2 Å². The molecule has 1 aromatic rings. The molecule has 1 aliphatic rings. The van der Waals surface area contributed by atoms with Crippen molar-refractivity contribution in [1.82, 2.24) is 4.72 Å². The SMILES string of the molecule is CC(CNS(=O)(=O)Cc1ccccc1Cl)CC1(C)OCCO1. The van der Waals surface area contributed by atoms with Crippen molar-refractivity contribution < 1.29 is 17.9 Å². The summed E-state index contributed by atoms with van der Waals surface area (Å²) in [5.41, 5.74) is 0.596. The summed E-state index contributed by atoms with van der Waals surface area (Å²) in [5, 5.41) is 0.459. The van der Waals surface area contributed by atoms with Crippen molar-refractivity contribution >= 4 is 21.6 Å². The van der Waals surface area contributed by atoms with E-state index in [0.717, 1.165) is 0 Å². The average molecular weight is 348 g/mol. The van der Waals surface area contributed by atoms with Gasteiger partial charge >= 0.3 is 0 Å². The van der Waals surface area contributed by atoms with Gasteiger partial charge in [0.15, 0.2) is 5.79 Å². The van der Waals surface area contributed by atoms with Gasteiger partial charge in [-0.15, -0.1) is 0 Å². The predicted molar refractivity (Wildman–Crippen MR) is 86.2 cm³/mol. The Hall–Kier alpha value is -0.660. The van der Waals surface area contributed by atoms with Crippen LogP contribution in [0.3, 0.4) is 0 Å². The van der Waals surface area contributed by atoms with Crippen LogP contribution in [-0.4, -0.2) is 34.0 Å². The minimum Gasteiger partial charge on any atom is -0.348 e. The van der Waals surface area contributed by atoms with E-state index in [2.05, 4.69) is 4.72 Å². The van der Waals surface area contributed by atoms with E-state index in [4.69, 9.17) is 21.1 Å². The molecular formula is C15H22ClNO4S. The fourth-order valence-corrected chi connectivity index (χ4v) is 4.10. The number of ether oxygens (including phenoxy) is 2. The Bertz CT molecular complexity index is 599. The minimum absolute atomic E-state index is 0.101. The molecule has 1 saturated heterocycles. The van der Waals surface area contributed by atoms with Crippen molar-refractivity contribution in [3.63, 3.8) is 0 Å². The molecule has 1 aromatic carbocycles. The van der Waals surface area contributed by atoms with Crippen LogP contribution < -0.4 is 4.72 Å². The number of halogens is 1. The molecule has 1 N–H and O–H groups in total. The summed E-state index contributed by atoms with van der Waals surface area (Å²) in [4.78, 5) is 0. The Morgan fingerprint density at radius 2 is 1.95 bits per heavy atom. The number of hydrogen-bond acceptors (Lipinski definition) is 4. The molecule has 124 valence electrons. The van der Waals surface area contributed by atoms with Crippen LogP contribution in [0, 0.1) is 5.92 Å². The number of benzene rings is 1. The largest absolute Gasteiger partial charge is 0.348 e. The summed E-state index contributed by atoms with van der Waals surface area (Å²) >= 11 is 6.00. The van der Waals surface area contributed by atoms with Gasteiger partial charge in [-0.25, -0.2) is 13.1 Å². The van der Waals surface area contributed by atoms with Crippen molar-refractivity contribution in [2.24, 2.45) is 5.92 Å². The van der Waals surface area contributed by atoms with E-state index >= 15 is 0 Å². The van der Waals surface area contributed by atoms with Crippen molar-refractivity contribution in [1.29, 1.82) is 0 Å². The molecule has 1 aliphatic heterocycles. The fourth-order valence-electron chi connectivity index (χ4n) is 2.52. The molecule has 0 aliphatic carbocycles. The molecule has 0 amide bonds. The molecule has 5 nitrogen and oxygen atoms in total. The van der Waals surface area contributed by atoms with Crippen molar-refractivity contribution in [2.45, 2.75) is 31.8 Å². The smallest absolute Gasteiger partial charge is 0.215 e. The van der Waals surface area contributed by atoms with E-state index < -0.39 is 15.8 Å². The van der Waals surface area contributed by atoms with Gasteiger partial charge in [0.1, 0.15) is 0 Å². The zero-order chi connectivity index (χ0) is 16.2. The van der Waals surface area contributed by atoms with Gasteiger partial charge in [0.25, 0.3) is 0 Å². The third kappa shape index (κ3) is 5.21. The average Bonchev–Trinajstić information content (AvgIpc) is 2.86. The first-order chi connectivity index (χ1) is 10.3. The Morgan fingerprint density at radius 3 is 2.59 bits per heavy atom. The zero-order valence-corrected chi connectivity index (χ0v) is 14.4. The van der Waals surface area contributed by atoms with Gasteiger partial charge < -0.3 is 9.47 Å². The lowest BCUT2D eigenvalue weighted by molar-refractivity contribution is -0.153. The molecule has 1 unspecified atom stereocenters. The highest BCUT2D eigenvalue weighted by molar-refractivity contribution is 7.88. The van der Waals surface area contributed by atoms with E-state index in [-0.39, 0.29) is 11.7 Å².